The van der Waals surface area contributed by atoms with Gasteiger partial charge in [-0.1, -0.05) is 0 Å². The lowest BCUT2D eigenvalue weighted by atomic mass is 9.97. The summed E-state index contributed by atoms with van der Waals surface area (Å²) in [7, 11) is 0. The predicted molar refractivity (Wildman–Crippen MR) is 59.8 cm³/mol. The summed E-state index contributed by atoms with van der Waals surface area (Å²) in [5, 5.41) is 13.4. The Kier molecular flexibility index (Phi) is 3.06. The number of hydrogen-bond donors (Lipinski definition) is 2. The number of rotatable bonds is 4. The van der Waals surface area contributed by atoms with Crippen molar-refractivity contribution in [2.75, 3.05) is 6.61 Å². The molecule has 1 heterocycles. The Morgan fingerprint density at radius 1 is 1.33 bits per heavy atom. The fourth-order valence-electron chi connectivity index (χ4n) is 2.20. The average molecular weight is 213 g/mol. The third-order valence-electron chi connectivity index (χ3n) is 3.75. The zero-order chi connectivity index (χ0) is 11.1. The molecule has 3 unspecified atom stereocenters. The third kappa shape index (κ3) is 2.71. The van der Waals surface area contributed by atoms with E-state index in [0.29, 0.717) is 12.1 Å². The van der Waals surface area contributed by atoms with Crippen molar-refractivity contribution >= 4 is 0 Å². The minimum Gasteiger partial charge on any atom is -0.389 e. The van der Waals surface area contributed by atoms with Crippen LogP contribution in [-0.4, -0.2) is 35.5 Å². The van der Waals surface area contributed by atoms with Gasteiger partial charge in [0.2, 0.25) is 0 Å². The van der Waals surface area contributed by atoms with Crippen molar-refractivity contribution in [3.8, 4) is 0 Å². The summed E-state index contributed by atoms with van der Waals surface area (Å²) in [5.41, 5.74) is -0.656. The monoisotopic (exact) mass is 213 g/mol. The van der Waals surface area contributed by atoms with Crippen molar-refractivity contribution in [2.45, 2.75) is 63.8 Å². The van der Waals surface area contributed by atoms with Crippen LogP contribution in [0.25, 0.3) is 0 Å². The van der Waals surface area contributed by atoms with E-state index >= 15 is 0 Å². The van der Waals surface area contributed by atoms with Crippen LogP contribution in [0.3, 0.4) is 0 Å². The van der Waals surface area contributed by atoms with Crippen LogP contribution in [0, 0.1) is 5.92 Å². The maximum atomic E-state index is 9.88. The lowest BCUT2D eigenvalue weighted by molar-refractivity contribution is 0.0282. The molecule has 2 fully saturated rings. The molecule has 1 aliphatic carbocycles. The molecule has 0 bridgehead atoms. The topological polar surface area (TPSA) is 41.5 Å². The maximum absolute atomic E-state index is 9.88. The fraction of sp³-hybridized carbons (Fsp3) is 1.00. The number of nitrogens with one attached hydrogen (secondary N) is 1. The van der Waals surface area contributed by atoms with Gasteiger partial charge >= 0.3 is 0 Å². The molecule has 0 spiro atoms. The highest BCUT2D eigenvalue weighted by Gasteiger charge is 2.41. The van der Waals surface area contributed by atoms with Gasteiger partial charge in [-0.25, -0.2) is 0 Å². The molecular formula is C12H23NO2. The predicted octanol–water partition coefficient (Wildman–Crippen LogP) is 1.30. The molecule has 15 heavy (non-hydrogen) atoms. The summed E-state index contributed by atoms with van der Waals surface area (Å²) in [5.74, 6) is 0.777. The molecule has 3 atom stereocenters. The smallest absolute Gasteiger partial charge is 0.0757 e. The Bertz CT molecular complexity index is 220. The molecule has 0 aromatic carbocycles. The largest absolute Gasteiger partial charge is 0.389 e. The van der Waals surface area contributed by atoms with Gasteiger partial charge in [0.25, 0.3) is 0 Å². The Hall–Kier alpha value is -0.120. The molecule has 0 radical (unpaired) electrons. The molecule has 2 aliphatic rings. The molecule has 88 valence electrons. The minimum atomic E-state index is -0.656. The molecule has 0 aromatic heterocycles. The lowest BCUT2D eigenvalue weighted by Crippen LogP contribution is -2.51. The molecule has 2 N–H and O–H groups in total. The maximum Gasteiger partial charge on any atom is 0.0757 e. The molecule has 0 amide bonds. The van der Waals surface area contributed by atoms with Gasteiger partial charge in [-0.3, -0.25) is 0 Å². The summed E-state index contributed by atoms with van der Waals surface area (Å²) >= 11 is 0. The molecular weight excluding hydrogens is 190 g/mol. The molecule has 0 aromatic rings. The van der Waals surface area contributed by atoms with Crippen molar-refractivity contribution in [1.82, 2.24) is 5.32 Å². The second kappa shape index (κ2) is 4.04. The second-order valence-corrected chi connectivity index (χ2v) is 5.61. The molecule has 1 aliphatic heterocycles. The Morgan fingerprint density at radius 2 is 2.00 bits per heavy atom. The van der Waals surface area contributed by atoms with Crippen LogP contribution in [0.5, 0.6) is 0 Å². The first-order chi connectivity index (χ1) is 6.98. The van der Waals surface area contributed by atoms with Crippen molar-refractivity contribution in [2.24, 2.45) is 5.92 Å². The van der Waals surface area contributed by atoms with E-state index in [0.717, 1.165) is 18.9 Å². The van der Waals surface area contributed by atoms with E-state index in [4.69, 9.17) is 4.74 Å². The highest BCUT2D eigenvalue weighted by Crippen LogP contribution is 2.39. The van der Waals surface area contributed by atoms with Crippen LogP contribution < -0.4 is 5.32 Å². The highest BCUT2D eigenvalue weighted by molar-refractivity contribution is 4.96. The van der Waals surface area contributed by atoms with Crippen LogP contribution in [0.2, 0.25) is 0 Å². The zero-order valence-electron chi connectivity index (χ0n) is 9.99. The van der Waals surface area contributed by atoms with E-state index in [1.807, 2.05) is 20.8 Å². The average Bonchev–Trinajstić information content (AvgIpc) is 2.86. The first-order valence-electron chi connectivity index (χ1n) is 6.08. The van der Waals surface area contributed by atoms with Gasteiger partial charge in [-0.05, 0) is 46.0 Å². The quantitative estimate of drug-likeness (QED) is 0.739. The van der Waals surface area contributed by atoms with Gasteiger partial charge in [-0.2, -0.15) is 0 Å². The van der Waals surface area contributed by atoms with Gasteiger partial charge in [-0.15, -0.1) is 0 Å². The summed E-state index contributed by atoms with van der Waals surface area (Å²) in [6, 6.07) is 0.560. The Balaban J connectivity index is 1.87. The van der Waals surface area contributed by atoms with Gasteiger partial charge in [0.1, 0.15) is 0 Å². The van der Waals surface area contributed by atoms with E-state index < -0.39 is 5.60 Å². The summed E-state index contributed by atoms with van der Waals surface area (Å²) in [4.78, 5) is 0. The van der Waals surface area contributed by atoms with Crippen LogP contribution in [0.15, 0.2) is 0 Å². The summed E-state index contributed by atoms with van der Waals surface area (Å²) < 4.78 is 5.76. The van der Waals surface area contributed by atoms with Gasteiger partial charge in [0.15, 0.2) is 0 Å². The van der Waals surface area contributed by atoms with Crippen LogP contribution in [0.4, 0.5) is 0 Å². The first-order valence-corrected chi connectivity index (χ1v) is 6.08. The second-order valence-electron chi connectivity index (χ2n) is 5.61. The van der Waals surface area contributed by atoms with E-state index in [-0.39, 0.29) is 6.04 Å². The number of aliphatic hydroxyl groups is 1. The van der Waals surface area contributed by atoms with E-state index in [1.165, 1.54) is 12.8 Å². The SMILES string of the molecule is CC(NC1CCOC1C1CC1)C(C)(C)O. The van der Waals surface area contributed by atoms with E-state index in [1.54, 1.807) is 0 Å². The van der Waals surface area contributed by atoms with Gasteiger partial charge in [0.05, 0.1) is 11.7 Å². The van der Waals surface area contributed by atoms with Crippen LogP contribution >= 0.6 is 0 Å². The van der Waals surface area contributed by atoms with Crippen LogP contribution in [0.1, 0.15) is 40.0 Å². The molecule has 3 heteroatoms. The number of ether oxygens (including phenoxy) is 1. The molecule has 1 saturated carbocycles. The van der Waals surface area contributed by atoms with Crippen molar-refractivity contribution < 1.29 is 9.84 Å². The summed E-state index contributed by atoms with van der Waals surface area (Å²) in [6.45, 7) is 6.62. The van der Waals surface area contributed by atoms with E-state index in [2.05, 4.69) is 5.32 Å². The summed E-state index contributed by atoms with van der Waals surface area (Å²) in [6.07, 6.45) is 4.12. The third-order valence-corrected chi connectivity index (χ3v) is 3.75. The van der Waals surface area contributed by atoms with Crippen molar-refractivity contribution in [1.29, 1.82) is 0 Å². The normalized spacial score (nSPS) is 34.4. The van der Waals surface area contributed by atoms with E-state index in [9.17, 15) is 5.11 Å². The van der Waals surface area contributed by atoms with Crippen molar-refractivity contribution in [3.63, 3.8) is 0 Å². The molecule has 3 nitrogen and oxygen atoms in total. The van der Waals surface area contributed by atoms with Crippen LogP contribution in [-0.2, 0) is 4.74 Å². The Morgan fingerprint density at radius 3 is 2.53 bits per heavy atom. The van der Waals surface area contributed by atoms with Crippen molar-refractivity contribution in [3.05, 3.63) is 0 Å². The fourth-order valence-corrected chi connectivity index (χ4v) is 2.20. The standard InChI is InChI=1S/C12H23NO2/c1-8(12(2,3)14)13-10-6-7-15-11(10)9-4-5-9/h8-11,13-14H,4-7H2,1-3H3. The molecule has 2 rings (SSSR count). The van der Waals surface area contributed by atoms with Gasteiger partial charge in [0, 0.05) is 18.7 Å². The highest BCUT2D eigenvalue weighted by atomic mass is 16.5. The number of hydrogen-bond acceptors (Lipinski definition) is 3. The minimum absolute atomic E-state index is 0.116. The molecule has 1 saturated heterocycles. The lowest BCUT2D eigenvalue weighted by Gasteiger charge is -2.31. The zero-order valence-corrected chi connectivity index (χ0v) is 9.99. The Labute approximate surface area is 92.2 Å². The van der Waals surface area contributed by atoms with Gasteiger partial charge < -0.3 is 15.2 Å². The first kappa shape index (κ1) is 11.4.